The van der Waals surface area contributed by atoms with Crippen LogP contribution in [0, 0.1) is 5.41 Å². The number of para-hydroxylation sites is 2. The smallest absolute Gasteiger partial charge is 0.265 e. The van der Waals surface area contributed by atoms with Crippen LogP contribution in [-0.4, -0.2) is 42.5 Å². The summed E-state index contributed by atoms with van der Waals surface area (Å²) in [5, 5.41) is 3.20. The molecule has 2 amide bonds. The van der Waals surface area contributed by atoms with Crippen molar-refractivity contribution in [1.29, 1.82) is 0 Å². The van der Waals surface area contributed by atoms with E-state index in [0.717, 1.165) is 5.69 Å². The van der Waals surface area contributed by atoms with E-state index in [0.29, 0.717) is 31.8 Å². The molecule has 2 aliphatic heterocycles. The summed E-state index contributed by atoms with van der Waals surface area (Å²) in [5.74, 6) is 0.228. The number of primary amides is 1. The fourth-order valence-electron chi connectivity index (χ4n) is 2.80. The van der Waals surface area contributed by atoms with Gasteiger partial charge in [-0.2, -0.15) is 0 Å². The van der Waals surface area contributed by atoms with Crippen LogP contribution >= 0.6 is 0 Å². The van der Waals surface area contributed by atoms with Crippen LogP contribution in [-0.2, 0) is 9.59 Å². The van der Waals surface area contributed by atoms with Crippen LogP contribution in [0.3, 0.4) is 0 Å². The second kappa shape index (κ2) is 4.95. The number of hydrogen-bond acceptors (Lipinski definition) is 4. The van der Waals surface area contributed by atoms with E-state index in [1.165, 1.54) is 0 Å². The number of carbonyl (C=O) groups is 2. The zero-order chi connectivity index (χ0) is 15.0. The highest BCUT2D eigenvalue weighted by molar-refractivity contribution is 5.86. The van der Waals surface area contributed by atoms with Crippen LogP contribution in [0.5, 0.6) is 5.75 Å². The molecule has 0 bridgehead atoms. The Morgan fingerprint density at radius 2 is 2.19 bits per heavy atom. The van der Waals surface area contributed by atoms with Gasteiger partial charge in [0.15, 0.2) is 6.10 Å². The summed E-state index contributed by atoms with van der Waals surface area (Å²) in [7, 11) is 0. The third kappa shape index (κ3) is 2.41. The highest BCUT2D eigenvalue weighted by atomic mass is 16.5. The molecule has 1 fully saturated rings. The molecular formula is C15H19N3O3. The summed E-state index contributed by atoms with van der Waals surface area (Å²) < 4.78 is 5.76. The largest absolute Gasteiger partial charge is 0.477 e. The first-order valence-electron chi connectivity index (χ1n) is 7.08. The molecule has 2 heterocycles. The second-order valence-electron chi connectivity index (χ2n) is 5.92. The lowest BCUT2D eigenvalue weighted by Gasteiger charge is -2.30. The van der Waals surface area contributed by atoms with Crippen LogP contribution in [0.1, 0.15) is 13.3 Å². The van der Waals surface area contributed by atoms with Gasteiger partial charge in [0.2, 0.25) is 5.91 Å². The van der Waals surface area contributed by atoms with Gasteiger partial charge in [-0.25, -0.2) is 0 Å². The molecule has 6 nitrogen and oxygen atoms in total. The first kappa shape index (κ1) is 13.7. The molecule has 0 aromatic heterocycles. The Hall–Kier alpha value is -2.24. The normalized spacial score (nSPS) is 27.5. The predicted octanol–water partition coefficient (Wildman–Crippen LogP) is 0.583. The van der Waals surface area contributed by atoms with Crippen molar-refractivity contribution in [3.05, 3.63) is 24.3 Å². The second-order valence-corrected chi connectivity index (χ2v) is 5.92. The molecule has 1 aromatic rings. The van der Waals surface area contributed by atoms with Crippen molar-refractivity contribution >= 4 is 17.5 Å². The van der Waals surface area contributed by atoms with Gasteiger partial charge < -0.3 is 20.7 Å². The molecule has 6 heteroatoms. The summed E-state index contributed by atoms with van der Waals surface area (Å²) in [4.78, 5) is 25.7. The molecule has 0 aliphatic carbocycles. The van der Waals surface area contributed by atoms with Gasteiger partial charge in [0, 0.05) is 13.1 Å². The number of anilines is 1. The van der Waals surface area contributed by atoms with Gasteiger partial charge in [-0.1, -0.05) is 12.1 Å². The van der Waals surface area contributed by atoms with Crippen molar-refractivity contribution in [3.63, 3.8) is 0 Å². The van der Waals surface area contributed by atoms with Crippen molar-refractivity contribution in [1.82, 2.24) is 4.90 Å². The summed E-state index contributed by atoms with van der Waals surface area (Å²) >= 11 is 0. The lowest BCUT2D eigenvalue weighted by molar-refractivity contribution is -0.138. The number of rotatable bonds is 2. The number of amides is 2. The molecule has 112 valence electrons. The number of nitrogens with two attached hydrogens (primary N) is 1. The van der Waals surface area contributed by atoms with Crippen LogP contribution in [0.4, 0.5) is 5.69 Å². The first-order valence-corrected chi connectivity index (χ1v) is 7.08. The highest BCUT2D eigenvalue weighted by Crippen LogP contribution is 2.32. The van der Waals surface area contributed by atoms with E-state index in [1.54, 1.807) is 11.8 Å². The average Bonchev–Trinajstić information content (AvgIpc) is 2.90. The topological polar surface area (TPSA) is 84.7 Å². The van der Waals surface area contributed by atoms with Crippen LogP contribution in [0.25, 0.3) is 0 Å². The minimum Gasteiger partial charge on any atom is -0.477 e. The zero-order valence-corrected chi connectivity index (χ0v) is 12.0. The highest BCUT2D eigenvalue weighted by Gasteiger charge is 2.42. The predicted molar refractivity (Wildman–Crippen MR) is 77.8 cm³/mol. The van der Waals surface area contributed by atoms with Crippen molar-refractivity contribution in [2.45, 2.75) is 19.4 Å². The van der Waals surface area contributed by atoms with E-state index >= 15 is 0 Å². The molecule has 2 atom stereocenters. The monoisotopic (exact) mass is 289 g/mol. The Morgan fingerprint density at radius 1 is 1.43 bits per heavy atom. The standard InChI is InChI=1S/C15H19N3O3/c1-15(14(16)20)6-7-18(9-15)13(19)12-8-17-10-4-2-3-5-11(10)21-12/h2-5,12,17H,6-9H2,1H3,(H2,16,20). The Balaban J connectivity index is 1.69. The summed E-state index contributed by atoms with van der Waals surface area (Å²) in [5.41, 5.74) is 5.68. The van der Waals surface area contributed by atoms with Gasteiger partial charge in [-0.05, 0) is 25.5 Å². The van der Waals surface area contributed by atoms with E-state index < -0.39 is 11.5 Å². The van der Waals surface area contributed by atoms with Gasteiger partial charge in [-0.3, -0.25) is 9.59 Å². The maximum Gasteiger partial charge on any atom is 0.265 e. The SMILES string of the molecule is CC1(C(N)=O)CCN(C(=O)C2CNc3ccccc3O2)C1. The minimum absolute atomic E-state index is 0.0954. The quantitative estimate of drug-likeness (QED) is 0.834. The van der Waals surface area contributed by atoms with E-state index in [-0.39, 0.29) is 11.8 Å². The zero-order valence-electron chi connectivity index (χ0n) is 12.0. The lowest BCUT2D eigenvalue weighted by atomic mass is 9.89. The molecule has 3 N–H and O–H groups in total. The maximum absolute atomic E-state index is 12.5. The van der Waals surface area contributed by atoms with E-state index in [9.17, 15) is 9.59 Å². The molecule has 1 aromatic carbocycles. The van der Waals surface area contributed by atoms with Crippen molar-refractivity contribution in [2.75, 3.05) is 25.0 Å². The molecule has 21 heavy (non-hydrogen) atoms. The molecule has 0 radical (unpaired) electrons. The fourth-order valence-corrected chi connectivity index (χ4v) is 2.80. The third-order valence-electron chi connectivity index (χ3n) is 4.29. The Labute approximate surface area is 123 Å². The minimum atomic E-state index is -0.629. The number of fused-ring (bicyclic) bond motifs is 1. The van der Waals surface area contributed by atoms with Gasteiger partial charge in [-0.15, -0.1) is 0 Å². The molecule has 0 saturated carbocycles. The molecular weight excluding hydrogens is 270 g/mol. The van der Waals surface area contributed by atoms with Crippen molar-refractivity contribution in [3.8, 4) is 5.75 Å². The van der Waals surface area contributed by atoms with Gasteiger partial charge in [0.1, 0.15) is 5.75 Å². The Kier molecular flexibility index (Phi) is 3.23. The number of nitrogens with zero attached hydrogens (tertiary/aromatic N) is 1. The number of ether oxygens (including phenoxy) is 1. The molecule has 0 spiro atoms. The lowest BCUT2D eigenvalue weighted by Crippen LogP contribution is -2.47. The Bertz CT molecular complexity index is 589. The van der Waals surface area contributed by atoms with Crippen molar-refractivity contribution in [2.24, 2.45) is 11.1 Å². The van der Waals surface area contributed by atoms with Gasteiger partial charge >= 0.3 is 0 Å². The average molecular weight is 289 g/mol. The fraction of sp³-hybridized carbons (Fsp3) is 0.467. The molecule has 3 rings (SSSR count). The maximum atomic E-state index is 12.5. The number of nitrogens with one attached hydrogen (secondary N) is 1. The third-order valence-corrected chi connectivity index (χ3v) is 4.29. The van der Waals surface area contributed by atoms with Gasteiger partial charge in [0.25, 0.3) is 5.91 Å². The first-order chi connectivity index (χ1) is 9.99. The Morgan fingerprint density at radius 3 is 2.90 bits per heavy atom. The summed E-state index contributed by atoms with van der Waals surface area (Å²) in [6.07, 6.45) is 0.0419. The number of likely N-dealkylation sites (tertiary alicyclic amines) is 1. The number of benzene rings is 1. The van der Waals surface area contributed by atoms with Crippen molar-refractivity contribution < 1.29 is 14.3 Å². The molecule has 1 saturated heterocycles. The summed E-state index contributed by atoms with van der Waals surface area (Å²) in [6, 6.07) is 7.53. The number of carbonyl (C=O) groups excluding carboxylic acids is 2. The van der Waals surface area contributed by atoms with Gasteiger partial charge in [0.05, 0.1) is 17.6 Å². The van der Waals surface area contributed by atoms with E-state index in [1.807, 2.05) is 24.3 Å². The van der Waals surface area contributed by atoms with E-state index in [4.69, 9.17) is 10.5 Å². The summed E-state index contributed by atoms with van der Waals surface area (Å²) in [6.45, 7) is 3.14. The van der Waals surface area contributed by atoms with Crippen LogP contribution in [0.15, 0.2) is 24.3 Å². The molecule has 2 aliphatic rings. The van der Waals surface area contributed by atoms with Crippen LogP contribution in [0.2, 0.25) is 0 Å². The van der Waals surface area contributed by atoms with E-state index in [2.05, 4.69) is 5.32 Å². The number of hydrogen-bond donors (Lipinski definition) is 2. The molecule has 2 unspecified atom stereocenters. The van der Waals surface area contributed by atoms with Crippen LogP contribution < -0.4 is 15.8 Å².